The summed E-state index contributed by atoms with van der Waals surface area (Å²) in [4.78, 5) is 12.7. The Morgan fingerprint density at radius 2 is 1.74 bits per heavy atom. The molecule has 0 amide bonds. The highest BCUT2D eigenvalue weighted by atomic mass is 35.6. The van der Waals surface area contributed by atoms with Crippen LogP contribution in [0.4, 0.5) is 8.78 Å². The summed E-state index contributed by atoms with van der Waals surface area (Å²) >= 11 is 17.6. The molecular formula is C23H20Cl3F2NO2. The molecule has 0 saturated heterocycles. The molecule has 0 radical (unpaired) electrons. The smallest absolute Gasteiger partial charge is 0.311 e. The van der Waals surface area contributed by atoms with E-state index in [-0.39, 0.29) is 29.0 Å². The zero-order valence-electron chi connectivity index (χ0n) is 16.8. The maximum Gasteiger partial charge on any atom is 0.311 e. The average molecular weight is 487 g/mol. The number of nitrogens with zero attached hydrogens (tertiary/aromatic N) is 1. The molecule has 1 saturated carbocycles. The number of halogens is 5. The Kier molecular flexibility index (Phi) is 6.58. The minimum absolute atomic E-state index is 0.167. The van der Waals surface area contributed by atoms with Gasteiger partial charge in [-0.05, 0) is 23.8 Å². The lowest BCUT2D eigenvalue weighted by atomic mass is 9.97. The predicted molar refractivity (Wildman–Crippen MR) is 116 cm³/mol. The highest BCUT2D eigenvalue weighted by molar-refractivity contribution is 6.67. The third kappa shape index (κ3) is 5.14. The lowest BCUT2D eigenvalue weighted by molar-refractivity contribution is -0.149. The number of carbonyl (C=O) groups is 1. The van der Waals surface area contributed by atoms with Crippen LogP contribution < -0.4 is 0 Å². The third-order valence-corrected chi connectivity index (χ3v) is 6.26. The Hall–Kier alpha value is -1.87. The maximum absolute atomic E-state index is 14.9. The quantitative estimate of drug-likeness (QED) is 0.327. The van der Waals surface area contributed by atoms with E-state index >= 15 is 0 Å². The molecule has 3 rings (SSSR count). The van der Waals surface area contributed by atoms with E-state index in [0.29, 0.717) is 0 Å². The van der Waals surface area contributed by atoms with Crippen molar-refractivity contribution in [3.05, 3.63) is 71.3 Å². The number of benzene rings is 2. The summed E-state index contributed by atoms with van der Waals surface area (Å²) in [5, 5.41) is 9.55. The van der Waals surface area contributed by atoms with Gasteiger partial charge in [0.2, 0.25) is 6.10 Å². The van der Waals surface area contributed by atoms with Crippen molar-refractivity contribution in [1.29, 1.82) is 5.26 Å². The molecule has 0 N–H and O–H groups in total. The molecular weight excluding hydrogens is 467 g/mol. The van der Waals surface area contributed by atoms with Gasteiger partial charge in [0, 0.05) is 16.7 Å². The molecule has 0 aromatic heterocycles. The SMILES string of the molecule is CC1(C)C(CC(Cl)(Cl)Cl)C1C(=O)OC(C#N)c1cccc(C(F)(F)c2ccccc2)c1. The summed E-state index contributed by atoms with van der Waals surface area (Å²) in [5.41, 5.74) is -0.760. The molecule has 2 aromatic rings. The second kappa shape index (κ2) is 8.58. The molecule has 3 atom stereocenters. The molecule has 0 heterocycles. The van der Waals surface area contributed by atoms with Crippen LogP contribution in [0.25, 0.3) is 0 Å². The second-order valence-corrected chi connectivity index (χ2v) is 10.8. The van der Waals surface area contributed by atoms with Crippen LogP contribution in [0.15, 0.2) is 54.6 Å². The number of hydrogen-bond donors (Lipinski definition) is 0. The first-order valence-electron chi connectivity index (χ1n) is 9.58. The van der Waals surface area contributed by atoms with Gasteiger partial charge in [0.05, 0.1) is 5.92 Å². The number of carbonyl (C=O) groups excluding carboxylic acids is 1. The zero-order chi connectivity index (χ0) is 23.0. The first-order valence-corrected chi connectivity index (χ1v) is 10.7. The standard InChI is InChI=1S/C23H20Cl3F2NO2/c1-21(2)17(12-22(24,25)26)19(21)20(30)31-18(13-29)14-7-6-10-16(11-14)23(27,28)15-8-4-3-5-9-15/h3-11,17-19H,12H2,1-2H3. The number of rotatable bonds is 6. The highest BCUT2D eigenvalue weighted by Gasteiger charge is 2.64. The Morgan fingerprint density at radius 3 is 2.32 bits per heavy atom. The summed E-state index contributed by atoms with van der Waals surface area (Å²) in [7, 11) is 0. The van der Waals surface area contributed by atoms with Crippen LogP contribution in [0.3, 0.4) is 0 Å². The largest absolute Gasteiger partial charge is 0.442 e. The molecule has 1 fully saturated rings. The predicted octanol–water partition coefficient (Wildman–Crippen LogP) is 6.97. The topological polar surface area (TPSA) is 50.1 Å². The van der Waals surface area contributed by atoms with Crippen molar-refractivity contribution in [2.45, 2.75) is 36.1 Å². The first kappa shape index (κ1) is 23.8. The van der Waals surface area contributed by atoms with Crippen LogP contribution in [-0.4, -0.2) is 9.76 Å². The van der Waals surface area contributed by atoms with Crippen molar-refractivity contribution >= 4 is 40.8 Å². The van der Waals surface area contributed by atoms with Crippen LogP contribution in [-0.2, 0) is 15.5 Å². The first-order chi connectivity index (χ1) is 14.4. The fourth-order valence-corrected chi connectivity index (χ4v) is 4.41. The van der Waals surface area contributed by atoms with E-state index < -0.39 is 33.1 Å². The lowest BCUT2D eigenvalue weighted by Crippen LogP contribution is -2.17. The summed E-state index contributed by atoms with van der Waals surface area (Å²) in [5.74, 6) is -4.65. The van der Waals surface area contributed by atoms with Crippen LogP contribution in [0.5, 0.6) is 0 Å². The minimum Gasteiger partial charge on any atom is -0.442 e. The molecule has 8 heteroatoms. The number of alkyl halides is 5. The minimum atomic E-state index is -3.27. The molecule has 3 nitrogen and oxygen atoms in total. The Bertz CT molecular complexity index is 1000. The van der Waals surface area contributed by atoms with E-state index in [9.17, 15) is 18.8 Å². The number of hydrogen-bond acceptors (Lipinski definition) is 3. The van der Waals surface area contributed by atoms with Gasteiger partial charge in [0.15, 0.2) is 3.79 Å². The van der Waals surface area contributed by atoms with E-state index in [1.165, 1.54) is 48.5 Å². The molecule has 1 aliphatic carbocycles. The summed E-state index contributed by atoms with van der Waals surface area (Å²) < 4.78 is 33.7. The number of esters is 1. The van der Waals surface area contributed by atoms with Gasteiger partial charge >= 0.3 is 5.97 Å². The van der Waals surface area contributed by atoms with Crippen LogP contribution >= 0.6 is 34.8 Å². The van der Waals surface area contributed by atoms with Crippen molar-refractivity contribution in [2.24, 2.45) is 17.3 Å². The van der Waals surface area contributed by atoms with E-state index in [1.54, 1.807) is 6.07 Å². The summed E-state index contributed by atoms with van der Waals surface area (Å²) in [6.45, 7) is 3.70. The van der Waals surface area contributed by atoms with Gasteiger partial charge in [0.25, 0.3) is 5.92 Å². The van der Waals surface area contributed by atoms with Crippen LogP contribution in [0, 0.1) is 28.6 Å². The van der Waals surface area contributed by atoms with Gasteiger partial charge in [-0.15, -0.1) is 0 Å². The molecule has 31 heavy (non-hydrogen) atoms. The third-order valence-electron chi connectivity index (χ3n) is 5.80. The Labute approximate surface area is 194 Å². The fraction of sp³-hybridized carbons (Fsp3) is 0.391. The van der Waals surface area contributed by atoms with Crippen LogP contribution in [0.2, 0.25) is 0 Å². The molecule has 1 aliphatic rings. The second-order valence-electron chi connectivity index (χ2n) is 8.24. The zero-order valence-corrected chi connectivity index (χ0v) is 19.1. The number of ether oxygens (including phenoxy) is 1. The molecule has 3 unspecified atom stereocenters. The van der Waals surface area contributed by atoms with E-state index in [1.807, 2.05) is 19.9 Å². The van der Waals surface area contributed by atoms with Crippen molar-refractivity contribution in [3.8, 4) is 6.07 Å². The van der Waals surface area contributed by atoms with E-state index in [2.05, 4.69) is 0 Å². The van der Waals surface area contributed by atoms with E-state index in [4.69, 9.17) is 39.5 Å². The van der Waals surface area contributed by atoms with Gasteiger partial charge in [-0.1, -0.05) is 97.2 Å². The Morgan fingerprint density at radius 1 is 1.13 bits per heavy atom. The summed E-state index contributed by atoms with van der Waals surface area (Å²) in [6, 6.07) is 14.6. The van der Waals surface area contributed by atoms with Crippen LogP contribution in [0.1, 0.15) is 43.1 Å². The van der Waals surface area contributed by atoms with Gasteiger partial charge in [-0.3, -0.25) is 4.79 Å². The normalized spacial score (nSPS) is 21.1. The molecule has 164 valence electrons. The number of nitriles is 1. The molecule has 2 aromatic carbocycles. The van der Waals surface area contributed by atoms with Gasteiger partial charge < -0.3 is 4.74 Å². The van der Waals surface area contributed by atoms with Gasteiger partial charge in [-0.2, -0.15) is 14.0 Å². The lowest BCUT2D eigenvalue weighted by Gasteiger charge is -2.19. The molecule has 0 bridgehead atoms. The average Bonchev–Trinajstić information content (AvgIpc) is 3.24. The Balaban J connectivity index is 1.79. The van der Waals surface area contributed by atoms with Gasteiger partial charge in [0.1, 0.15) is 6.07 Å². The molecule has 0 aliphatic heterocycles. The van der Waals surface area contributed by atoms with Crippen molar-refractivity contribution in [3.63, 3.8) is 0 Å². The molecule has 0 spiro atoms. The van der Waals surface area contributed by atoms with Crippen molar-refractivity contribution < 1.29 is 18.3 Å². The van der Waals surface area contributed by atoms with Gasteiger partial charge in [-0.25, -0.2) is 0 Å². The maximum atomic E-state index is 14.9. The van der Waals surface area contributed by atoms with Crippen molar-refractivity contribution in [2.75, 3.05) is 0 Å². The summed E-state index contributed by atoms with van der Waals surface area (Å²) in [6.07, 6.45) is -1.16. The fourth-order valence-electron chi connectivity index (χ4n) is 3.91. The van der Waals surface area contributed by atoms with Crippen molar-refractivity contribution in [1.82, 2.24) is 0 Å². The monoisotopic (exact) mass is 485 g/mol. The highest BCUT2D eigenvalue weighted by Crippen LogP contribution is 2.63. The van der Waals surface area contributed by atoms with E-state index in [0.717, 1.165) is 0 Å².